The zero-order chi connectivity index (χ0) is 12.8. The number of carbonyl (C=O) groups is 1. The number of ketones is 1. The maximum absolute atomic E-state index is 12.1. The summed E-state index contributed by atoms with van der Waals surface area (Å²) in [7, 11) is 0. The van der Waals surface area contributed by atoms with Crippen LogP contribution in [0.5, 0.6) is 0 Å². The molecule has 0 N–H and O–H groups in total. The fourth-order valence-electron chi connectivity index (χ4n) is 3.24. The highest BCUT2D eigenvalue weighted by atomic mass is 16.6. The molecule has 2 heterocycles. The molecule has 1 saturated heterocycles. The number of benzene rings is 1. The largest absolute Gasteiger partial charge is 0.287 e. The highest BCUT2D eigenvalue weighted by Crippen LogP contribution is 2.39. The van der Waals surface area contributed by atoms with Crippen LogP contribution >= 0.6 is 0 Å². The van der Waals surface area contributed by atoms with E-state index in [-0.39, 0.29) is 11.5 Å². The monoisotopic (exact) mass is 247 g/mol. The van der Waals surface area contributed by atoms with Gasteiger partial charge in [0.15, 0.2) is 0 Å². The molecule has 1 fully saturated rings. The van der Waals surface area contributed by atoms with Crippen LogP contribution in [-0.4, -0.2) is 30.3 Å². The number of hydrogen-bond acceptors (Lipinski definition) is 3. The van der Waals surface area contributed by atoms with Gasteiger partial charge in [-0.3, -0.25) is 19.4 Å². The summed E-state index contributed by atoms with van der Waals surface area (Å²) >= 11 is 0. The van der Waals surface area contributed by atoms with E-state index in [1.54, 1.807) is 6.07 Å². The van der Waals surface area contributed by atoms with E-state index >= 15 is 0 Å². The summed E-state index contributed by atoms with van der Waals surface area (Å²) in [4.78, 5) is 22.4. The first kappa shape index (κ1) is 11.3. The second kappa shape index (κ2) is 3.88. The summed E-state index contributed by atoms with van der Waals surface area (Å²) in [5.41, 5.74) is 1.57. The zero-order valence-electron chi connectivity index (χ0n) is 10.1. The SMILES string of the molecule is O=C1C[N+]2(CCCCC2)c2ccc([N+](=O)[O-])cc21. The van der Waals surface area contributed by atoms with Gasteiger partial charge in [-0.15, -0.1) is 0 Å². The molecule has 1 aromatic rings. The van der Waals surface area contributed by atoms with E-state index in [1.165, 1.54) is 18.6 Å². The summed E-state index contributed by atoms with van der Waals surface area (Å²) in [6, 6.07) is 4.75. The fraction of sp³-hybridized carbons (Fsp3) is 0.462. The lowest BCUT2D eigenvalue weighted by Gasteiger charge is -2.36. The number of nitrogens with zero attached hydrogens (tertiary/aromatic N) is 2. The van der Waals surface area contributed by atoms with Crippen LogP contribution < -0.4 is 4.48 Å². The average molecular weight is 247 g/mol. The van der Waals surface area contributed by atoms with Crippen LogP contribution in [0.1, 0.15) is 29.6 Å². The smallest absolute Gasteiger partial charge is 0.270 e. The van der Waals surface area contributed by atoms with Gasteiger partial charge in [-0.05, 0) is 19.3 Å². The van der Waals surface area contributed by atoms with E-state index in [0.717, 1.165) is 31.6 Å². The van der Waals surface area contributed by atoms with Crippen molar-refractivity contribution in [1.82, 2.24) is 4.48 Å². The van der Waals surface area contributed by atoms with Crippen LogP contribution in [0, 0.1) is 10.1 Å². The molecule has 0 amide bonds. The van der Waals surface area contributed by atoms with E-state index in [1.807, 2.05) is 0 Å². The van der Waals surface area contributed by atoms with Gasteiger partial charge in [-0.2, -0.15) is 0 Å². The Morgan fingerprint density at radius 2 is 1.89 bits per heavy atom. The fourth-order valence-corrected chi connectivity index (χ4v) is 3.24. The third kappa shape index (κ3) is 1.54. The summed E-state index contributed by atoms with van der Waals surface area (Å²) in [6.07, 6.45) is 3.48. The standard InChI is InChI=1S/C13H15N2O3/c16-13-9-15(6-2-1-3-7-15)12-5-4-10(14(17)18)8-11(12)13/h4-5,8H,1-3,6-7,9H2/q+1. The van der Waals surface area contributed by atoms with Crippen LogP contribution in [0.2, 0.25) is 0 Å². The number of fused-ring (bicyclic) bond motifs is 2. The van der Waals surface area contributed by atoms with Crippen molar-refractivity contribution in [1.29, 1.82) is 0 Å². The summed E-state index contributed by atoms with van der Waals surface area (Å²) in [6.45, 7) is 2.45. The van der Waals surface area contributed by atoms with Crippen molar-refractivity contribution in [2.75, 3.05) is 19.6 Å². The molecule has 1 spiro atoms. The molecule has 0 aliphatic carbocycles. The summed E-state index contributed by atoms with van der Waals surface area (Å²) in [5, 5.41) is 10.8. The second-order valence-electron chi connectivity index (χ2n) is 5.19. The summed E-state index contributed by atoms with van der Waals surface area (Å²) < 4.78 is 0.714. The Labute approximate surface area is 105 Å². The number of quaternary nitrogens is 1. The van der Waals surface area contributed by atoms with Crippen molar-refractivity contribution in [3.8, 4) is 0 Å². The molecule has 0 radical (unpaired) electrons. The van der Waals surface area contributed by atoms with Crippen molar-refractivity contribution in [3.05, 3.63) is 33.9 Å². The molecular formula is C13H15N2O3+. The lowest BCUT2D eigenvalue weighted by atomic mass is 10.1. The third-order valence-corrected chi connectivity index (χ3v) is 4.12. The number of rotatable bonds is 1. The first-order valence-electron chi connectivity index (χ1n) is 6.31. The first-order chi connectivity index (χ1) is 8.62. The lowest BCUT2D eigenvalue weighted by Crippen LogP contribution is -2.52. The van der Waals surface area contributed by atoms with Gasteiger partial charge < -0.3 is 0 Å². The van der Waals surface area contributed by atoms with Crippen LogP contribution in [0.15, 0.2) is 18.2 Å². The Kier molecular flexibility index (Phi) is 2.45. The molecule has 0 aromatic heterocycles. The highest BCUT2D eigenvalue weighted by molar-refractivity contribution is 6.07. The number of nitro benzene ring substituents is 1. The molecule has 94 valence electrons. The highest BCUT2D eigenvalue weighted by Gasteiger charge is 2.44. The van der Waals surface area contributed by atoms with Crippen molar-refractivity contribution in [2.45, 2.75) is 19.3 Å². The molecule has 18 heavy (non-hydrogen) atoms. The van der Waals surface area contributed by atoms with Gasteiger partial charge in [0.2, 0.25) is 5.78 Å². The summed E-state index contributed by atoms with van der Waals surface area (Å²) in [5.74, 6) is 0.0515. The minimum atomic E-state index is -0.438. The number of hydrogen-bond donors (Lipinski definition) is 0. The molecule has 0 bridgehead atoms. The van der Waals surface area contributed by atoms with Gasteiger partial charge in [0.05, 0.1) is 23.6 Å². The van der Waals surface area contributed by atoms with E-state index in [4.69, 9.17) is 0 Å². The van der Waals surface area contributed by atoms with Gasteiger partial charge in [0.1, 0.15) is 12.2 Å². The Morgan fingerprint density at radius 3 is 2.56 bits per heavy atom. The first-order valence-corrected chi connectivity index (χ1v) is 6.31. The third-order valence-electron chi connectivity index (χ3n) is 4.12. The van der Waals surface area contributed by atoms with E-state index in [9.17, 15) is 14.9 Å². The quantitative estimate of drug-likeness (QED) is 0.434. The predicted octanol–water partition coefficient (Wildman–Crippen LogP) is 2.28. The van der Waals surface area contributed by atoms with Crippen LogP contribution in [0.25, 0.3) is 0 Å². The molecule has 5 heteroatoms. The molecule has 0 unspecified atom stereocenters. The average Bonchev–Trinajstić information content (AvgIpc) is 2.63. The van der Waals surface area contributed by atoms with Crippen molar-refractivity contribution in [2.24, 2.45) is 0 Å². The molecule has 2 aliphatic rings. The van der Waals surface area contributed by atoms with Gasteiger partial charge in [-0.25, -0.2) is 0 Å². The van der Waals surface area contributed by atoms with Gasteiger partial charge in [0, 0.05) is 18.2 Å². The second-order valence-corrected chi connectivity index (χ2v) is 5.19. The number of carbonyl (C=O) groups excluding carboxylic acids is 1. The molecular weight excluding hydrogens is 232 g/mol. The van der Waals surface area contributed by atoms with Gasteiger partial charge in [-0.1, -0.05) is 0 Å². The van der Waals surface area contributed by atoms with Crippen LogP contribution in [0.4, 0.5) is 11.4 Å². The number of piperidine rings is 1. The van der Waals surface area contributed by atoms with E-state index in [0.29, 0.717) is 16.6 Å². The number of Topliss-reactive ketones (excluding diaryl/α,β-unsaturated/α-hetero) is 1. The molecule has 0 atom stereocenters. The maximum Gasteiger partial charge on any atom is 0.270 e. The maximum atomic E-state index is 12.1. The number of nitro groups is 1. The van der Waals surface area contributed by atoms with Crippen molar-refractivity contribution >= 4 is 17.2 Å². The molecule has 1 aromatic carbocycles. The zero-order valence-corrected chi connectivity index (χ0v) is 10.1. The minimum absolute atomic E-state index is 0.0131. The topological polar surface area (TPSA) is 60.2 Å². The Morgan fingerprint density at radius 1 is 1.17 bits per heavy atom. The van der Waals surface area contributed by atoms with Crippen LogP contribution in [0.3, 0.4) is 0 Å². The molecule has 3 rings (SSSR count). The Balaban J connectivity index is 2.08. The van der Waals surface area contributed by atoms with Crippen molar-refractivity contribution in [3.63, 3.8) is 0 Å². The Hall–Kier alpha value is -1.75. The molecule has 2 aliphatic heterocycles. The van der Waals surface area contributed by atoms with Gasteiger partial charge >= 0.3 is 0 Å². The predicted molar refractivity (Wildman–Crippen MR) is 67.7 cm³/mol. The van der Waals surface area contributed by atoms with Crippen molar-refractivity contribution < 1.29 is 9.72 Å². The molecule has 5 nitrogen and oxygen atoms in total. The lowest BCUT2D eigenvalue weighted by molar-refractivity contribution is -0.384. The minimum Gasteiger partial charge on any atom is -0.287 e. The van der Waals surface area contributed by atoms with E-state index < -0.39 is 4.92 Å². The normalized spacial score (nSPS) is 21.0. The van der Waals surface area contributed by atoms with Crippen LogP contribution in [-0.2, 0) is 0 Å². The van der Waals surface area contributed by atoms with Gasteiger partial charge in [0.25, 0.3) is 5.69 Å². The molecule has 0 saturated carbocycles. The van der Waals surface area contributed by atoms with E-state index in [2.05, 4.69) is 0 Å². The Bertz CT molecular complexity index is 533. The number of non-ortho nitro benzene ring substituents is 1.